The van der Waals surface area contributed by atoms with E-state index < -0.39 is 22.5 Å². The van der Waals surface area contributed by atoms with Gasteiger partial charge in [0.1, 0.15) is 6.33 Å². The van der Waals surface area contributed by atoms with Crippen LogP contribution in [-0.4, -0.2) is 43.3 Å². The fourth-order valence-electron chi connectivity index (χ4n) is 3.07. The van der Waals surface area contributed by atoms with Gasteiger partial charge in [0.15, 0.2) is 17.3 Å². The van der Waals surface area contributed by atoms with Crippen LogP contribution in [0.4, 0.5) is 25.2 Å². The molecule has 0 atom stereocenters. The van der Waals surface area contributed by atoms with Gasteiger partial charge in [-0.25, -0.2) is 14.8 Å². The Morgan fingerprint density at radius 1 is 1.22 bits per heavy atom. The number of ether oxygens (including phenoxy) is 2. The van der Waals surface area contributed by atoms with Gasteiger partial charge in [0.05, 0.1) is 5.56 Å². The molecule has 0 bridgehead atoms. The van der Waals surface area contributed by atoms with Crippen molar-refractivity contribution in [2.75, 3.05) is 11.6 Å². The summed E-state index contributed by atoms with van der Waals surface area (Å²) in [6.45, 7) is 0. The number of fused-ring (bicyclic) bond motifs is 1. The van der Waals surface area contributed by atoms with Crippen LogP contribution in [0.15, 0.2) is 53.2 Å². The molecule has 32 heavy (non-hydrogen) atoms. The lowest BCUT2D eigenvalue weighted by Crippen LogP contribution is -2.26. The number of thiol groups is 1. The molecule has 0 unspecified atom stereocenters. The molecular weight excluding hydrogens is 448 g/mol. The molecule has 2 aromatic carbocycles. The van der Waals surface area contributed by atoms with E-state index in [1.165, 1.54) is 30.8 Å². The minimum absolute atomic E-state index is 0.0684. The van der Waals surface area contributed by atoms with Crippen molar-refractivity contribution in [1.82, 2.24) is 15.0 Å². The van der Waals surface area contributed by atoms with Crippen LogP contribution < -0.4 is 14.8 Å². The highest BCUT2D eigenvalue weighted by Crippen LogP contribution is 2.46. The lowest BCUT2D eigenvalue weighted by atomic mass is 10.2. The number of carboxylic acid groups (broad SMARTS) is 1. The van der Waals surface area contributed by atoms with Crippen molar-refractivity contribution in [2.45, 2.75) is 12.0 Å². The highest BCUT2D eigenvalue weighted by atomic mass is 32.3. The Bertz CT molecular complexity index is 1250. The maximum Gasteiger partial charge on any atom is 0.586 e. The first-order valence-electron chi connectivity index (χ1n) is 9.09. The Hall–Kier alpha value is -3.71. The lowest BCUT2D eigenvalue weighted by Gasteiger charge is -2.17. The number of nitrogens with one attached hydrogen (secondary N) is 1. The van der Waals surface area contributed by atoms with Gasteiger partial charge < -0.3 is 24.4 Å². The second-order valence-corrected chi connectivity index (χ2v) is 9.58. The summed E-state index contributed by atoms with van der Waals surface area (Å²) in [6.07, 6.45) is -2.59. The number of benzene rings is 2. The van der Waals surface area contributed by atoms with Gasteiger partial charge in [-0.3, -0.25) is 0 Å². The molecule has 0 fully saturated rings. The van der Waals surface area contributed by atoms with Gasteiger partial charge in [0, 0.05) is 11.4 Å². The SMILES string of the molecule is C[SH](O)(Cc1cccc(Nc2ncnc(-c3cccc4c3OC(F)(F)O4)n2)c1)=NC(=O)O. The molecule has 1 amide bonds. The van der Waals surface area contributed by atoms with Gasteiger partial charge in [-0.2, -0.15) is 9.35 Å². The number of aromatic nitrogens is 3. The summed E-state index contributed by atoms with van der Waals surface area (Å²) in [7, 11) is -3.02. The van der Waals surface area contributed by atoms with Crippen molar-refractivity contribution >= 4 is 27.8 Å². The van der Waals surface area contributed by atoms with Crippen LogP contribution in [0.25, 0.3) is 11.4 Å². The normalized spacial score (nSPS) is 14.6. The molecule has 2 heterocycles. The van der Waals surface area contributed by atoms with E-state index in [1.807, 2.05) is 0 Å². The number of para-hydroxylation sites is 1. The predicted octanol–water partition coefficient (Wildman–Crippen LogP) is 3.95. The summed E-state index contributed by atoms with van der Waals surface area (Å²) in [6, 6.07) is 11.2. The van der Waals surface area contributed by atoms with Crippen LogP contribution in [0.1, 0.15) is 5.56 Å². The van der Waals surface area contributed by atoms with Crippen molar-refractivity contribution in [2.24, 2.45) is 4.36 Å². The quantitative estimate of drug-likeness (QED) is 0.412. The Morgan fingerprint density at radius 2 is 2.00 bits per heavy atom. The van der Waals surface area contributed by atoms with E-state index >= 15 is 0 Å². The number of rotatable bonds is 5. The largest absolute Gasteiger partial charge is 0.586 e. The van der Waals surface area contributed by atoms with Gasteiger partial charge in [-0.15, -0.1) is 8.78 Å². The summed E-state index contributed by atoms with van der Waals surface area (Å²) in [5.41, 5.74) is 1.41. The average molecular weight is 465 g/mol. The maximum absolute atomic E-state index is 13.5. The first-order valence-corrected chi connectivity index (χ1v) is 11.4. The molecule has 3 aromatic rings. The molecule has 1 aromatic heterocycles. The molecule has 1 aliphatic rings. The Kier molecular flexibility index (Phi) is 5.44. The molecule has 10 nitrogen and oxygen atoms in total. The fraction of sp³-hybridized carbons (Fsp3) is 0.158. The zero-order valence-electron chi connectivity index (χ0n) is 16.4. The predicted molar refractivity (Wildman–Crippen MR) is 113 cm³/mol. The monoisotopic (exact) mass is 465 g/mol. The van der Waals surface area contributed by atoms with Crippen molar-refractivity contribution < 1.29 is 32.7 Å². The van der Waals surface area contributed by atoms with Gasteiger partial charge in [-0.1, -0.05) is 28.3 Å². The third-order valence-electron chi connectivity index (χ3n) is 4.21. The third-order valence-corrected chi connectivity index (χ3v) is 5.77. The first-order chi connectivity index (χ1) is 15.1. The molecule has 0 spiro atoms. The molecule has 0 aliphatic carbocycles. The molecule has 1 aliphatic heterocycles. The lowest BCUT2D eigenvalue weighted by molar-refractivity contribution is -0.286. The number of alkyl halides is 2. The Labute approximate surface area is 181 Å². The van der Waals surface area contributed by atoms with Crippen LogP contribution in [0.5, 0.6) is 11.5 Å². The van der Waals surface area contributed by atoms with Crippen molar-refractivity contribution in [3.05, 3.63) is 54.4 Å². The number of carbonyl (C=O) groups is 1. The van der Waals surface area contributed by atoms with Gasteiger partial charge >= 0.3 is 12.4 Å². The van der Waals surface area contributed by atoms with E-state index in [0.717, 1.165) is 0 Å². The van der Waals surface area contributed by atoms with Gasteiger partial charge in [0.2, 0.25) is 5.95 Å². The highest BCUT2D eigenvalue weighted by Gasteiger charge is 2.44. The van der Waals surface area contributed by atoms with E-state index in [-0.39, 0.29) is 34.6 Å². The van der Waals surface area contributed by atoms with Gasteiger partial charge in [-0.05, 0) is 36.1 Å². The number of hydrogen-bond donors (Lipinski definition) is 4. The first kappa shape index (κ1) is 21.5. The molecule has 0 saturated carbocycles. The summed E-state index contributed by atoms with van der Waals surface area (Å²) >= 11 is 0. The fourth-order valence-corrected chi connectivity index (χ4v) is 4.40. The third kappa shape index (κ3) is 4.95. The van der Waals surface area contributed by atoms with Gasteiger partial charge in [0.25, 0.3) is 0 Å². The van der Waals surface area contributed by atoms with Crippen molar-refractivity contribution in [3.8, 4) is 22.9 Å². The minimum Gasteiger partial charge on any atom is -0.463 e. The Balaban J connectivity index is 1.58. The smallest absolute Gasteiger partial charge is 0.463 e. The van der Waals surface area contributed by atoms with Crippen molar-refractivity contribution in [1.29, 1.82) is 0 Å². The average Bonchev–Trinajstić information content (AvgIpc) is 3.00. The standard InChI is InChI=1S/C19H17F2N5O5S/c1-32(29,26-18(27)28)9-11-4-2-5-12(8-11)24-17-23-10-22-16(25-17)13-6-3-7-14-15(13)31-19(20,21)30-14/h2-8,10,32H,9H2,1H3,(H,26,29)(H,27,28)(H,22,23,24,25). The van der Waals surface area contributed by atoms with Crippen LogP contribution in [0.2, 0.25) is 0 Å². The summed E-state index contributed by atoms with van der Waals surface area (Å²) in [5, 5.41) is 11.8. The molecule has 4 rings (SSSR count). The molecule has 13 heteroatoms. The zero-order valence-corrected chi connectivity index (χ0v) is 17.3. The number of halogens is 2. The topological polar surface area (TPSA) is 139 Å². The summed E-state index contributed by atoms with van der Waals surface area (Å²) < 4.78 is 49.5. The second kappa shape index (κ2) is 8.09. The second-order valence-electron chi connectivity index (χ2n) is 6.89. The van der Waals surface area contributed by atoms with Crippen LogP contribution in [0.3, 0.4) is 0 Å². The van der Waals surface area contributed by atoms with E-state index in [1.54, 1.807) is 24.3 Å². The van der Waals surface area contributed by atoms with E-state index in [4.69, 9.17) is 5.11 Å². The van der Waals surface area contributed by atoms with Crippen LogP contribution in [0, 0.1) is 0 Å². The minimum atomic E-state index is -3.77. The maximum atomic E-state index is 13.5. The Morgan fingerprint density at radius 3 is 2.78 bits per heavy atom. The van der Waals surface area contributed by atoms with E-state index in [9.17, 15) is 18.1 Å². The zero-order chi connectivity index (χ0) is 22.9. The molecule has 3 N–H and O–H groups in total. The molecule has 168 valence electrons. The summed E-state index contributed by atoms with van der Waals surface area (Å²) in [4.78, 5) is 23.1. The highest BCUT2D eigenvalue weighted by molar-refractivity contribution is 7.98. The van der Waals surface area contributed by atoms with E-state index in [0.29, 0.717) is 11.3 Å². The number of amides is 1. The molecule has 0 radical (unpaired) electrons. The van der Waals surface area contributed by atoms with Crippen LogP contribution in [-0.2, 0) is 15.9 Å². The number of hydrogen-bond acceptors (Lipinski definition) is 7. The number of anilines is 2. The molecular formula is C19H17F2N5O5S. The molecule has 0 saturated heterocycles. The van der Waals surface area contributed by atoms with Crippen LogP contribution >= 0.6 is 0 Å². The summed E-state index contributed by atoms with van der Waals surface area (Å²) in [5.74, 6) is -0.0145. The van der Waals surface area contributed by atoms with Crippen molar-refractivity contribution in [3.63, 3.8) is 0 Å². The van der Waals surface area contributed by atoms with E-state index in [2.05, 4.69) is 34.1 Å². The number of nitrogens with zero attached hydrogens (tertiary/aromatic N) is 4.